The van der Waals surface area contributed by atoms with Crippen molar-refractivity contribution in [1.82, 2.24) is 0 Å². The Kier molecular flexibility index (Phi) is 5.54. The van der Waals surface area contributed by atoms with Gasteiger partial charge in [-0.15, -0.1) is 0 Å². The number of para-hydroxylation sites is 1. The molecule has 0 atom stereocenters. The van der Waals surface area contributed by atoms with Gasteiger partial charge in [0.2, 0.25) is 0 Å². The summed E-state index contributed by atoms with van der Waals surface area (Å²) in [5.41, 5.74) is 1.70. The summed E-state index contributed by atoms with van der Waals surface area (Å²) >= 11 is 0. The van der Waals surface area contributed by atoms with E-state index in [0.29, 0.717) is 18.1 Å². The third-order valence-corrected chi connectivity index (χ3v) is 2.74. The largest absolute Gasteiger partial charge is 0.490 e. The molecule has 2 aromatic carbocycles. The van der Waals surface area contributed by atoms with Crippen LogP contribution in [0.3, 0.4) is 0 Å². The molecule has 0 saturated carbocycles. The van der Waals surface area contributed by atoms with Crippen molar-refractivity contribution >= 4 is 17.9 Å². The van der Waals surface area contributed by atoms with Crippen LogP contribution in [0.2, 0.25) is 0 Å². The van der Waals surface area contributed by atoms with Crippen molar-refractivity contribution < 1.29 is 19.4 Å². The molecule has 114 valence electrons. The summed E-state index contributed by atoms with van der Waals surface area (Å²) in [6, 6.07) is 14.8. The zero-order chi connectivity index (χ0) is 15.8. The van der Waals surface area contributed by atoms with E-state index in [9.17, 15) is 4.79 Å². The average molecular weight is 299 g/mol. The van der Waals surface area contributed by atoms with Crippen LogP contribution in [0.4, 0.5) is 5.69 Å². The number of hydrogen-bond donors (Lipinski definition) is 1. The van der Waals surface area contributed by atoms with Gasteiger partial charge in [-0.25, -0.2) is 4.79 Å². The standard InChI is InChI=1S/C17H17NO4/c1-2-21-16-10-13(8-9-15(16)22-12-17(19)20)11-18-14-6-4-3-5-7-14/h3-11H,2,12H2,1H3,(H,19,20). The summed E-state index contributed by atoms with van der Waals surface area (Å²) < 4.78 is 10.7. The molecule has 0 fully saturated rings. The van der Waals surface area contributed by atoms with Gasteiger partial charge < -0.3 is 14.6 Å². The molecule has 1 N–H and O–H groups in total. The van der Waals surface area contributed by atoms with Gasteiger partial charge in [-0.1, -0.05) is 18.2 Å². The Balaban J connectivity index is 2.17. The summed E-state index contributed by atoms with van der Waals surface area (Å²) in [7, 11) is 0. The van der Waals surface area contributed by atoms with Crippen LogP contribution >= 0.6 is 0 Å². The molecule has 5 heteroatoms. The highest BCUT2D eigenvalue weighted by atomic mass is 16.5. The Hall–Kier alpha value is -2.82. The molecule has 0 amide bonds. The number of ether oxygens (including phenoxy) is 2. The van der Waals surface area contributed by atoms with E-state index in [2.05, 4.69) is 4.99 Å². The predicted molar refractivity (Wildman–Crippen MR) is 84.4 cm³/mol. The van der Waals surface area contributed by atoms with E-state index in [0.717, 1.165) is 11.3 Å². The summed E-state index contributed by atoms with van der Waals surface area (Å²) in [4.78, 5) is 14.9. The molecule has 22 heavy (non-hydrogen) atoms. The maximum atomic E-state index is 10.6. The molecule has 0 aliphatic carbocycles. The molecule has 0 aromatic heterocycles. The summed E-state index contributed by atoms with van der Waals surface area (Å²) in [6.07, 6.45) is 1.72. The molecule has 0 spiro atoms. The van der Waals surface area contributed by atoms with Crippen molar-refractivity contribution in [1.29, 1.82) is 0 Å². The van der Waals surface area contributed by atoms with E-state index in [1.54, 1.807) is 24.4 Å². The van der Waals surface area contributed by atoms with E-state index in [4.69, 9.17) is 14.6 Å². The van der Waals surface area contributed by atoms with Gasteiger partial charge in [0, 0.05) is 6.21 Å². The minimum absolute atomic E-state index is 0.404. The summed E-state index contributed by atoms with van der Waals surface area (Å²) in [6.45, 7) is 1.91. The molecule has 0 aliphatic rings. The third-order valence-electron chi connectivity index (χ3n) is 2.74. The number of aliphatic carboxylic acids is 1. The Bertz CT molecular complexity index is 653. The molecule has 0 aliphatic heterocycles. The Labute approximate surface area is 128 Å². The van der Waals surface area contributed by atoms with Crippen LogP contribution in [-0.2, 0) is 4.79 Å². The van der Waals surface area contributed by atoms with E-state index < -0.39 is 12.6 Å². The first-order valence-corrected chi connectivity index (χ1v) is 6.89. The number of benzene rings is 2. The van der Waals surface area contributed by atoms with Gasteiger partial charge in [0.25, 0.3) is 0 Å². The molecule has 2 rings (SSSR count). The number of carboxylic acid groups (broad SMARTS) is 1. The van der Waals surface area contributed by atoms with Crippen LogP contribution in [0.5, 0.6) is 11.5 Å². The van der Waals surface area contributed by atoms with E-state index in [-0.39, 0.29) is 0 Å². The second-order valence-corrected chi connectivity index (χ2v) is 4.42. The van der Waals surface area contributed by atoms with Gasteiger partial charge in [-0.2, -0.15) is 0 Å². The first kappa shape index (κ1) is 15.6. The zero-order valence-electron chi connectivity index (χ0n) is 12.2. The minimum Gasteiger partial charge on any atom is -0.490 e. The molecule has 0 unspecified atom stereocenters. The monoisotopic (exact) mass is 299 g/mol. The average Bonchev–Trinajstić information content (AvgIpc) is 2.53. The summed E-state index contributed by atoms with van der Waals surface area (Å²) in [5.74, 6) is -0.126. The quantitative estimate of drug-likeness (QED) is 0.796. The fourth-order valence-corrected chi connectivity index (χ4v) is 1.80. The molecule has 0 heterocycles. The molecular weight excluding hydrogens is 282 g/mol. The van der Waals surface area contributed by atoms with Crippen molar-refractivity contribution in [2.45, 2.75) is 6.92 Å². The number of carboxylic acids is 1. The first-order valence-electron chi connectivity index (χ1n) is 6.89. The number of rotatable bonds is 7. The lowest BCUT2D eigenvalue weighted by atomic mass is 10.2. The van der Waals surface area contributed by atoms with E-state index >= 15 is 0 Å². The highest BCUT2D eigenvalue weighted by Crippen LogP contribution is 2.28. The highest BCUT2D eigenvalue weighted by molar-refractivity contribution is 5.83. The lowest BCUT2D eigenvalue weighted by Crippen LogP contribution is -2.10. The van der Waals surface area contributed by atoms with Gasteiger partial charge in [-0.3, -0.25) is 4.99 Å². The molecule has 2 aromatic rings. The van der Waals surface area contributed by atoms with Crippen molar-refractivity contribution in [2.24, 2.45) is 4.99 Å². The van der Waals surface area contributed by atoms with Crippen molar-refractivity contribution in [2.75, 3.05) is 13.2 Å². The maximum Gasteiger partial charge on any atom is 0.341 e. The first-order chi connectivity index (χ1) is 10.7. The van der Waals surface area contributed by atoms with Crippen LogP contribution in [-0.4, -0.2) is 30.5 Å². The molecule has 0 bridgehead atoms. The van der Waals surface area contributed by atoms with Crippen molar-refractivity contribution in [3.05, 3.63) is 54.1 Å². The molecule has 0 saturated heterocycles. The topological polar surface area (TPSA) is 68.1 Å². The van der Waals surface area contributed by atoms with Crippen LogP contribution in [0.15, 0.2) is 53.5 Å². The Morgan fingerprint density at radius 2 is 1.91 bits per heavy atom. The SMILES string of the molecule is CCOc1cc(C=Nc2ccccc2)ccc1OCC(=O)O. The van der Waals surface area contributed by atoms with Crippen molar-refractivity contribution in [3.63, 3.8) is 0 Å². The maximum absolute atomic E-state index is 10.6. The van der Waals surface area contributed by atoms with Crippen LogP contribution in [0.25, 0.3) is 0 Å². The molecule has 0 radical (unpaired) electrons. The minimum atomic E-state index is -1.03. The van der Waals surface area contributed by atoms with E-state index in [1.807, 2.05) is 37.3 Å². The van der Waals surface area contributed by atoms with E-state index in [1.165, 1.54) is 0 Å². The Morgan fingerprint density at radius 3 is 2.59 bits per heavy atom. The predicted octanol–water partition coefficient (Wildman–Crippen LogP) is 3.30. The summed E-state index contributed by atoms with van der Waals surface area (Å²) in [5, 5.41) is 8.67. The highest BCUT2D eigenvalue weighted by Gasteiger charge is 2.07. The number of nitrogens with zero attached hydrogens (tertiary/aromatic N) is 1. The second-order valence-electron chi connectivity index (χ2n) is 4.42. The van der Waals surface area contributed by atoms with Gasteiger partial charge >= 0.3 is 5.97 Å². The number of hydrogen-bond acceptors (Lipinski definition) is 4. The van der Waals surface area contributed by atoms with Gasteiger partial charge in [0.1, 0.15) is 0 Å². The van der Waals surface area contributed by atoms with Crippen LogP contribution < -0.4 is 9.47 Å². The lowest BCUT2D eigenvalue weighted by Gasteiger charge is -2.11. The normalized spacial score (nSPS) is 10.6. The molecular formula is C17H17NO4. The van der Waals surface area contributed by atoms with Gasteiger partial charge in [0.05, 0.1) is 12.3 Å². The van der Waals surface area contributed by atoms with Gasteiger partial charge in [0.15, 0.2) is 18.1 Å². The fourth-order valence-electron chi connectivity index (χ4n) is 1.80. The van der Waals surface area contributed by atoms with Crippen molar-refractivity contribution in [3.8, 4) is 11.5 Å². The smallest absolute Gasteiger partial charge is 0.341 e. The molecule has 5 nitrogen and oxygen atoms in total. The van der Waals surface area contributed by atoms with Crippen LogP contribution in [0, 0.1) is 0 Å². The van der Waals surface area contributed by atoms with Gasteiger partial charge in [-0.05, 0) is 42.8 Å². The fraction of sp³-hybridized carbons (Fsp3) is 0.176. The lowest BCUT2D eigenvalue weighted by molar-refractivity contribution is -0.139. The van der Waals surface area contributed by atoms with Crippen LogP contribution in [0.1, 0.15) is 12.5 Å². The Morgan fingerprint density at radius 1 is 1.14 bits per heavy atom. The number of aliphatic imine (C=N–C) groups is 1. The zero-order valence-corrected chi connectivity index (χ0v) is 12.2. The second kappa shape index (κ2) is 7.83. The number of carbonyl (C=O) groups is 1. The third kappa shape index (κ3) is 4.63.